The van der Waals surface area contributed by atoms with Crippen LogP contribution >= 0.6 is 11.8 Å². The van der Waals surface area contributed by atoms with E-state index in [2.05, 4.69) is 20.8 Å². The van der Waals surface area contributed by atoms with Gasteiger partial charge in [-0.15, -0.1) is 0 Å². The first kappa shape index (κ1) is 18.3. The van der Waals surface area contributed by atoms with Crippen LogP contribution in [0.4, 0.5) is 0 Å². The van der Waals surface area contributed by atoms with Crippen molar-refractivity contribution in [2.45, 2.75) is 96.3 Å². The molecule has 2 N–H and O–H groups in total. The number of unbranched alkanes of at least 4 members (excludes halogenated alkanes) is 7. The van der Waals surface area contributed by atoms with E-state index in [1.165, 1.54) is 64.2 Å². The molecule has 0 aromatic rings. The minimum Gasteiger partial charge on any atom is -0.327 e. The van der Waals surface area contributed by atoms with E-state index in [9.17, 15) is 0 Å². The Morgan fingerprint density at radius 1 is 0.889 bits per heavy atom. The third-order valence-corrected chi connectivity index (χ3v) is 5.12. The van der Waals surface area contributed by atoms with Gasteiger partial charge in [0.15, 0.2) is 0 Å². The monoisotopic (exact) mass is 273 g/mol. The van der Waals surface area contributed by atoms with Crippen molar-refractivity contribution in [2.75, 3.05) is 5.75 Å². The average Bonchev–Trinajstić information content (AvgIpc) is 2.39. The van der Waals surface area contributed by atoms with E-state index in [0.29, 0.717) is 6.04 Å². The van der Waals surface area contributed by atoms with E-state index < -0.39 is 0 Å². The van der Waals surface area contributed by atoms with Crippen molar-refractivity contribution in [1.82, 2.24) is 0 Å². The quantitative estimate of drug-likeness (QED) is 0.456. The van der Waals surface area contributed by atoms with Gasteiger partial charge >= 0.3 is 0 Å². The van der Waals surface area contributed by atoms with Gasteiger partial charge in [-0.05, 0) is 12.8 Å². The Balaban J connectivity index is 3.17. The first-order valence-corrected chi connectivity index (χ1v) is 9.12. The Bertz CT molecular complexity index is 161. The summed E-state index contributed by atoms with van der Waals surface area (Å²) in [5.74, 6) is 1.14. The third kappa shape index (κ3) is 12.8. The molecular formula is C16H35NS. The van der Waals surface area contributed by atoms with Gasteiger partial charge in [0.25, 0.3) is 0 Å². The molecule has 0 saturated carbocycles. The summed E-state index contributed by atoms with van der Waals surface area (Å²) in [6.07, 6.45) is 13.7. The van der Waals surface area contributed by atoms with Crippen molar-refractivity contribution in [3.05, 3.63) is 0 Å². The van der Waals surface area contributed by atoms with Crippen LogP contribution in [0.1, 0.15) is 85.0 Å². The zero-order valence-corrected chi connectivity index (χ0v) is 13.7. The predicted octanol–water partition coefficient (Wildman–Crippen LogP) is 5.38. The Morgan fingerprint density at radius 2 is 1.44 bits per heavy atom. The number of rotatable bonds is 13. The molecule has 110 valence electrons. The SMILES string of the molecule is CCCCCCCCCCC(N)CSC(C)CC. The zero-order valence-electron chi connectivity index (χ0n) is 12.9. The molecule has 0 fully saturated rings. The third-order valence-electron chi connectivity index (χ3n) is 3.60. The van der Waals surface area contributed by atoms with Crippen LogP contribution in [0.2, 0.25) is 0 Å². The topological polar surface area (TPSA) is 26.0 Å². The molecule has 0 heterocycles. The number of hydrogen-bond donors (Lipinski definition) is 1. The van der Waals surface area contributed by atoms with Gasteiger partial charge < -0.3 is 5.73 Å². The van der Waals surface area contributed by atoms with Crippen molar-refractivity contribution in [3.63, 3.8) is 0 Å². The molecule has 18 heavy (non-hydrogen) atoms. The summed E-state index contributed by atoms with van der Waals surface area (Å²) < 4.78 is 0. The second-order valence-corrected chi connectivity index (χ2v) is 7.05. The minimum atomic E-state index is 0.420. The van der Waals surface area contributed by atoms with Crippen LogP contribution in [-0.2, 0) is 0 Å². The normalized spacial score (nSPS) is 14.7. The van der Waals surface area contributed by atoms with E-state index in [4.69, 9.17) is 5.73 Å². The Kier molecular flexibility index (Phi) is 14.0. The van der Waals surface area contributed by atoms with Crippen LogP contribution in [0.3, 0.4) is 0 Å². The van der Waals surface area contributed by atoms with Gasteiger partial charge in [0.2, 0.25) is 0 Å². The largest absolute Gasteiger partial charge is 0.327 e. The molecule has 2 heteroatoms. The predicted molar refractivity (Wildman–Crippen MR) is 87.4 cm³/mol. The summed E-state index contributed by atoms with van der Waals surface area (Å²) in [6, 6.07) is 0.420. The van der Waals surface area contributed by atoms with Crippen molar-refractivity contribution < 1.29 is 0 Å². The lowest BCUT2D eigenvalue weighted by Gasteiger charge is -2.14. The first-order chi connectivity index (χ1) is 8.70. The van der Waals surface area contributed by atoms with Crippen molar-refractivity contribution in [3.8, 4) is 0 Å². The summed E-state index contributed by atoms with van der Waals surface area (Å²) in [5, 5.41) is 0.773. The summed E-state index contributed by atoms with van der Waals surface area (Å²) in [7, 11) is 0. The molecule has 0 saturated heterocycles. The molecule has 2 unspecified atom stereocenters. The standard InChI is InChI=1S/C16H35NS/c1-4-6-7-8-9-10-11-12-13-16(17)14-18-15(3)5-2/h15-16H,4-14,17H2,1-3H3. The molecule has 0 aromatic heterocycles. The summed E-state index contributed by atoms with van der Waals surface area (Å²) >= 11 is 2.04. The lowest BCUT2D eigenvalue weighted by molar-refractivity contribution is 0.543. The molecule has 0 aliphatic rings. The van der Waals surface area contributed by atoms with Gasteiger partial charge in [-0.1, -0.05) is 72.1 Å². The number of hydrogen-bond acceptors (Lipinski definition) is 2. The van der Waals surface area contributed by atoms with E-state index in [0.717, 1.165) is 11.0 Å². The van der Waals surface area contributed by atoms with Crippen LogP contribution in [0, 0.1) is 0 Å². The van der Waals surface area contributed by atoms with E-state index >= 15 is 0 Å². The van der Waals surface area contributed by atoms with Crippen LogP contribution in [0.25, 0.3) is 0 Å². The smallest absolute Gasteiger partial charge is 0.0130 e. The van der Waals surface area contributed by atoms with E-state index in [1.807, 2.05) is 11.8 Å². The maximum Gasteiger partial charge on any atom is 0.0130 e. The maximum atomic E-state index is 6.14. The minimum absolute atomic E-state index is 0.420. The lowest BCUT2D eigenvalue weighted by Crippen LogP contribution is -2.23. The maximum absolute atomic E-state index is 6.14. The lowest BCUT2D eigenvalue weighted by atomic mass is 10.1. The molecule has 0 radical (unpaired) electrons. The highest BCUT2D eigenvalue weighted by Crippen LogP contribution is 2.16. The molecule has 0 aliphatic heterocycles. The molecule has 0 aromatic carbocycles. The zero-order chi connectivity index (χ0) is 13.6. The van der Waals surface area contributed by atoms with Gasteiger partial charge in [0.05, 0.1) is 0 Å². The van der Waals surface area contributed by atoms with Gasteiger partial charge in [-0.25, -0.2) is 0 Å². The van der Waals surface area contributed by atoms with Gasteiger partial charge in [0.1, 0.15) is 0 Å². The van der Waals surface area contributed by atoms with Crippen LogP contribution in [0.15, 0.2) is 0 Å². The van der Waals surface area contributed by atoms with Crippen molar-refractivity contribution in [2.24, 2.45) is 5.73 Å². The van der Waals surface area contributed by atoms with Crippen molar-refractivity contribution >= 4 is 11.8 Å². The first-order valence-electron chi connectivity index (χ1n) is 8.07. The highest BCUT2D eigenvalue weighted by molar-refractivity contribution is 7.99. The van der Waals surface area contributed by atoms with E-state index in [1.54, 1.807) is 0 Å². The van der Waals surface area contributed by atoms with Crippen LogP contribution < -0.4 is 5.73 Å². The fourth-order valence-electron chi connectivity index (χ4n) is 2.03. The van der Waals surface area contributed by atoms with Crippen LogP contribution in [0.5, 0.6) is 0 Å². The van der Waals surface area contributed by atoms with Gasteiger partial charge in [-0.3, -0.25) is 0 Å². The second kappa shape index (κ2) is 13.7. The molecule has 1 nitrogen and oxygen atoms in total. The van der Waals surface area contributed by atoms with Gasteiger partial charge in [0, 0.05) is 17.0 Å². The second-order valence-electron chi connectivity index (χ2n) is 5.58. The van der Waals surface area contributed by atoms with Gasteiger partial charge in [-0.2, -0.15) is 11.8 Å². The highest BCUT2D eigenvalue weighted by Gasteiger charge is 2.05. The molecule has 0 amide bonds. The number of thioether (sulfide) groups is 1. The van der Waals surface area contributed by atoms with E-state index in [-0.39, 0.29) is 0 Å². The Labute approximate surface area is 120 Å². The van der Waals surface area contributed by atoms with Crippen molar-refractivity contribution in [1.29, 1.82) is 0 Å². The highest BCUT2D eigenvalue weighted by atomic mass is 32.2. The summed E-state index contributed by atoms with van der Waals surface area (Å²) in [4.78, 5) is 0. The average molecular weight is 274 g/mol. The Hall–Kier alpha value is 0.310. The molecule has 0 aliphatic carbocycles. The molecular weight excluding hydrogens is 238 g/mol. The Morgan fingerprint density at radius 3 is 2.00 bits per heavy atom. The molecule has 0 rings (SSSR count). The fraction of sp³-hybridized carbons (Fsp3) is 1.00. The molecule has 2 atom stereocenters. The fourth-order valence-corrected chi connectivity index (χ4v) is 3.01. The molecule has 0 bridgehead atoms. The molecule has 0 spiro atoms. The summed E-state index contributed by atoms with van der Waals surface area (Å²) in [5.41, 5.74) is 6.14. The number of nitrogens with two attached hydrogens (primary N) is 1. The van der Waals surface area contributed by atoms with Crippen LogP contribution in [-0.4, -0.2) is 17.0 Å². The summed E-state index contributed by atoms with van der Waals surface area (Å²) in [6.45, 7) is 6.83.